The van der Waals surface area contributed by atoms with Crippen LogP contribution in [0.2, 0.25) is 0 Å². The predicted molar refractivity (Wildman–Crippen MR) is 56.3 cm³/mol. The lowest BCUT2D eigenvalue weighted by Gasteiger charge is -2.35. The molecule has 3 unspecified atom stereocenters. The van der Waals surface area contributed by atoms with Gasteiger partial charge >= 0.3 is 0 Å². The van der Waals surface area contributed by atoms with Gasteiger partial charge in [-0.3, -0.25) is 0 Å². The van der Waals surface area contributed by atoms with E-state index >= 15 is 0 Å². The summed E-state index contributed by atoms with van der Waals surface area (Å²) in [6, 6.07) is 0. The van der Waals surface area contributed by atoms with E-state index in [0.29, 0.717) is 19.6 Å². The van der Waals surface area contributed by atoms with Crippen molar-refractivity contribution in [2.75, 3.05) is 19.7 Å². The molecule has 4 nitrogen and oxygen atoms in total. The summed E-state index contributed by atoms with van der Waals surface area (Å²) >= 11 is 0. The molecule has 2 aliphatic heterocycles. The summed E-state index contributed by atoms with van der Waals surface area (Å²) in [5.41, 5.74) is 1.12. The maximum absolute atomic E-state index is 9.75. The number of aliphatic hydroxyl groups excluding tert-OH is 2. The Hall–Kier alpha value is -0.580. The second-order valence-corrected chi connectivity index (χ2v) is 4.37. The number of hydrogen-bond acceptors (Lipinski definition) is 4. The maximum atomic E-state index is 9.75. The monoisotopic (exact) mass is 213 g/mol. The molecule has 2 heterocycles. The lowest BCUT2D eigenvalue weighted by Crippen LogP contribution is -2.49. The van der Waals surface area contributed by atoms with Gasteiger partial charge in [-0.1, -0.05) is 6.58 Å². The first kappa shape index (κ1) is 10.9. The molecule has 2 aliphatic rings. The average Bonchev–Trinajstić information content (AvgIpc) is 2.60. The van der Waals surface area contributed by atoms with Crippen molar-refractivity contribution in [2.24, 2.45) is 0 Å². The SMILES string of the molecule is C=C1CCCN1CC1OCCC(O)C1O. The van der Waals surface area contributed by atoms with Crippen molar-refractivity contribution in [3.05, 3.63) is 12.3 Å². The molecule has 86 valence electrons. The Morgan fingerprint density at radius 3 is 2.93 bits per heavy atom. The van der Waals surface area contributed by atoms with Crippen molar-refractivity contribution in [3.63, 3.8) is 0 Å². The smallest absolute Gasteiger partial charge is 0.108 e. The van der Waals surface area contributed by atoms with Crippen LogP contribution in [0.1, 0.15) is 19.3 Å². The molecule has 0 aliphatic carbocycles. The molecule has 0 amide bonds. The van der Waals surface area contributed by atoms with Gasteiger partial charge in [-0.2, -0.15) is 0 Å². The van der Waals surface area contributed by atoms with E-state index in [4.69, 9.17) is 4.74 Å². The second kappa shape index (κ2) is 4.51. The highest BCUT2D eigenvalue weighted by molar-refractivity contribution is 5.01. The number of likely N-dealkylation sites (tertiary alicyclic amines) is 1. The van der Waals surface area contributed by atoms with Gasteiger partial charge in [-0.15, -0.1) is 0 Å². The number of rotatable bonds is 2. The van der Waals surface area contributed by atoms with E-state index < -0.39 is 12.2 Å². The summed E-state index contributed by atoms with van der Waals surface area (Å²) in [7, 11) is 0. The van der Waals surface area contributed by atoms with E-state index in [1.165, 1.54) is 0 Å². The zero-order chi connectivity index (χ0) is 10.8. The minimum absolute atomic E-state index is 0.274. The minimum Gasteiger partial charge on any atom is -0.390 e. The molecule has 15 heavy (non-hydrogen) atoms. The molecule has 3 atom stereocenters. The van der Waals surface area contributed by atoms with Crippen molar-refractivity contribution >= 4 is 0 Å². The van der Waals surface area contributed by atoms with Crippen LogP contribution in [0, 0.1) is 0 Å². The summed E-state index contributed by atoms with van der Waals surface area (Å²) in [6.45, 7) is 6.14. The van der Waals surface area contributed by atoms with Gasteiger partial charge in [0.25, 0.3) is 0 Å². The Kier molecular flexibility index (Phi) is 3.29. The fraction of sp³-hybridized carbons (Fsp3) is 0.818. The van der Waals surface area contributed by atoms with E-state index in [0.717, 1.165) is 25.1 Å². The Balaban J connectivity index is 1.90. The zero-order valence-corrected chi connectivity index (χ0v) is 8.93. The Bertz CT molecular complexity index is 244. The summed E-state index contributed by atoms with van der Waals surface area (Å²) in [5, 5.41) is 19.3. The van der Waals surface area contributed by atoms with Gasteiger partial charge in [0.05, 0.1) is 6.10 Å². The van der Waals surface area contributed by atoms with Crippen molar-refractivity contribution in [1.82, 2.24) is 4.90 Å². The number of allylic oxidation sites excluding steroid dienone is 1. The molecule has 2 fully saturated rings. The molecular formula is C11H19NO3. The maximum Gasteiger partial charge on any atom is 0.108 e. The third-order valence-corrected chi connectivity index (χ3v) is 3.26. The summed E-state index contributed by atoms with van der Waals surface area (Å²) < 4.78 is 5.48. The van der Waals surface area contributed by atoms with E-state index in [9.17, 15) is 10.2 Å². The van der Waals surface area contributed by atoms with Gasteiger partial charge < -0.3 is 19.8 Å². The molecule has 2 saturated heterocycles. The second-order valence-electron chi connectivity index (χ2n) is 4.37. The summed E-state index contributed by atoms with van der Waals surface area (Å²) in [5.74, 6) is 0. The molecule has 2 N–H and O–H groups in total. The zero-order valence-electron chi connectivity index (χ0n) is 8.93. The third kappa shape index (κ3) is 2.33. The normalized spacial score (nSPS) is 37.3. The molecule has 0 aromatic carbocycles. The molecule has 0 spiro atoms. The van der Waals surface area contributed by atoms with Crippen LogP contribution >= 0.6 is 0 Å². The highest BCUT2D eigenvalue weighted by Crippen LogP contribution is 2.22. The first-order valence-electron chi connectivity index (χ1n) is 5.59. The topological polar surface area (TPSA) is 52.9 Å². The average molecular weight is 213 g/mol. The van der Waals surface area contributed by atoms with Crippen molar-refractivity contribution < 1.29 is 14.9 Å². The van der Waals surface area contributed by atoms with Gasteiger partial charge in [-0.05, 0) is 19.3 Å². The predicted octanol–water partition coefficient (Wildman–Crippen LogP) is 0.107. The molecule has 2 rings (SSSR count). The van der Waals surface area contributed by atoms with Gasteiger partial charge in [-0.25, -0.2) is 0 Å². The summed E-state index contributed by atoms with van der Waals surface area (Å²) in [4.78, 5) is 2.14. The fourth-order valence-corrected chi connectivity index (χ4v) is 2.25. The van der Waals surface area contributed by atoms with Crippen LogP contribution in [0.3, 0.4) is 0 Å². The van der Waals surface area contributed by atoms with Crippen LogP contribution in [0.25, 0.3) is 0 Å². The lowest BCUT2D eigenvalue weighted by molar-refractivity contribution is -0.139. The quantitative estimate of drug-likeness (QED) is 0.683. The highest BCUT2D eigenvalue weighted by atomic mass is 16.5. The van der Waals surface area contributed by atoms with Crippen molar-refractivity contribution in [1.29, 1.82) is 0 Å². The largest absolute Gasteiger partial charge is 0.390 e. The van der Waals surface area contributed by atoms with Gasteiger partial charge in [0.2, 0.25) is 0 Å². The van der Waals surface area contributed by atoms with Gasteiger partial charge in [0, 0.05) is 25.4 Å². The van der Waals surface area contributed by atoms with Crippen LogP contribution in [-0.4, -0.2) is 53.1 Å². The number of aliphatic hydroxyl groups is 2. The van der Waals surface area contributed by atoms with Crippen LogP contribution in [0.15, 0.2) is 12.3 Å². The van der Waals surface area contributed by atoms with Crippen LogP contribution in [0.4, 0.5) is 0 Å². The number of hydrogen-bond donors (Lipinski definition) is 2. The Morgan fingerprint density at radius 1 is 1.47 bits per heavy atom. The third-order valence-electron chi connectivity index (χ3n) is 3.26. The minimum atomic E-state index is -0.757. The van der Waals surface area contributed by atoms with Crippen LogP contribution < -0.4 is 0 Å². The van der Waals surface area contributed by atoms with Crippen LogP contribution in [-0.2, 0) is 4.74 Å². The Labute approximate surface area is 90.1 Å². The van der Waals surface area contributed by atoms with Crippen molar-refractivity contribution in [3.8, 4) is 0 Å². The first-order chi connectivity index (χ1) is 7.18. The van der Waals surface area contributed by atoms with Gasteiger partial charge in [0.1, 0.15) is 12.2 Å². The van der Waals surface area contributed by atoms with E-state index in [2.05, 4.69) is 11.5 Å². The highest BCUT2D eigenvalue weighted by Gasteiger charge is 2.33. The molecule has 0 saturated carbocycles. The molecule has 4 heteroatoms. The molecule has 0 bridgehead atoms. The van der Waals surface area contributed by atoms with Gasteiger partial charge in [0.15, 0.2) is 0 Å². The first-order valence-corrected chi connectivity index (χ1v) is 5.59. The molecule has 0 radical (unpaired) electrons. The van der Waals surface area contributed by atoms with E-state index in [1.807, 2.05) is 0 Å². The lowest BCUT2D eigenvalue weighted by atomic mass is 10.0. The molecular weight excluding hydrogens is 194 g/mol. The standard InChI is InChI=1S/C11H19NO3/c1-8-3-2-5-12(8)7-10-11(14)9(13)4-6-15-10/h9-11,13-14H,1-7H2. The molecule has 0 aromatic rings. The van der Waals surface area contributed by atoms with Crippen molar-refractivity contribution in [2.45, 2.75) is 37.6 Å². The van der Waals surface area contributed by atoms with Crippen LogP contribution in [0.5, 0.6) is 0 Å². The summed E-state index contributed by atoms with van der Waals surface area (Å²) in [6.07, 6.45) is 1.02. The Morgan fingerprint density at radius 2 is 2.27 bits per heavy atom. The number of nitrogens with zero attached hydrogens (tertiary/aromatic N) is 1. The molecule has 0 aromatic heterocycles. The van der Waals surface area contributed by atoms with E-state index in [1.54, 1.807) is 0 Å². The fourth-order valence-electron chi connectivity index (χ4n) is 2.25. The van der Waals surface area contributed by atoms with E-state index in [-0.39, 0.29) is 6.10 Å². The number of ether oxygens (including phenoxy) is 1.